The molecule has 30 heavy (non-hydrogen) atoms. The molecule has 0 spiro atoms. The van der Waals surface area contributed by atoms with Gasteiger partial charge in [0.15, 0.2) is 6.29 Å². The van der Waals surface area contributed by atoms with Gasteiger partial charge in [0.2, 0.25) is 11.8 Å². The van der Waals surface area contributed by atoms with Crippen molar-refractivity contribution in [2.24, 2.45) is 5.92 Å². The number of methoxy groups -OCH3 is 2. The Morgan fingerprint density at radius 3 is 2.43 bits per heavy atom. The van der Waals surface area contributed by atoms with E-state index in [2.05, 4.69) is 10.2 Å². The molecular weight excluding hydrogens is 393 g/mol. The number of nitrogens with zero attached hydrogens (tertiary/aromatic N) is 2. The molecule has 2 saturated heterocycles. The van der Waals surface area contributed by atoms with Crippen LogP contribution in [-0.4, -0.2) is 62.3 Å². The lowest BCUT2D eigenvalue weighted by atomic mass is 9.95. The molecule has 1 N–H and O–H groups in total. The van der Waals surface area contributed by atoms with Crippen molar-refractivity contribution in [3.8, 4) is 0 Å². The largest absolute Gasteiger partial charge is 0.371 e. The smallest absolute Gasteiger partial charge is 0.255 e. The first-order valence-electron chi connectivity index (χ1n) is 10.2. The number of hydrogen-bond donors (Lipinski definition) is 1. The van der Waals surface area contributed by atoms with Crippen LogP contribution >= 0.6 is 0 Å². The zero-order valence-corrected chi connectivity index (χ0v) is 17.2. The van der Waals surface area contributed by atoms with Crippen LogP contribution in [-0.2, 0) is 25.6 Å². The molecule has 8 nitrogen and oxygen atoms in total. The molecular formula is C21H26FN3O5. The summed E-state index contributed by atoms with van der Waals surface area (Å²) in [6.45, 7) is 1.45. The Morgan fingerprint density at radius 2 is 1.80 bits per heavy atom. The van der Waals surface area contributed by atoms with Gasteiger partial charge in [0.1, 0.15) is 11.9 Å². The average molecular weight is 419 g/mol. The van der Waals surface area contributed by atoms with E-state index >= 15 is 0 Å². The minimum Gasteiger partial charge on any atom is -0.371 e. The number of piperidine rings is 2. The van der Waals surface area contributed by atoms with Gasteiger partial charge in [-0.1, -0.05) is 0 Å². The number of fused-ring (bicyclic) bond motifs is 1. The predicted octanol–water partition coefficient (Wildman–Crippen LogP) is 1.42. The van der Waals surface area contributed by atoms with Gasteiger partial charge in [-0.05, 0) is 31.4 Å². The minimum absolute atomic E-state index is 0.0397. The summed E-state index contributed by atoms with van der Waals surface area (Å²) in [4.78, 5) is 40.0. The Balaban J connectivity index is 1.50. The Morgan fingerprint density at radius 1 is 1.10 bits per heavy atom. The molecule has 162 valence electrons. The van der Waals surface area contributed by atoms with Crippen LogP contribution < -0.4 is 10.2 Å². The normalized spacial score (nSPS) is 22.7. The van der Waals surface area contributed by atoms with Crippen LogP contribution in [0.25, 0.3) is 0 Å². The highest BCUT2D eigenvalue weighted by molar-refractivity contribution is 6.05. The summed E-state index contributed by atoms with van der Waals surface area (Å²) in [6.07, 6.45) is 1.84. The van der Waals surface area contributed by atoms with Crippen molar-refractivity contribution in [1.82, 2.24) is 10.2 Å². The van der Waals surface area contributed by atoms with Gasteiger partial charge in [-0.3, -0.25) is 19.7 Å². The Bertz CT molecular complexity index is 864. The Hall–Kier alpha value is -2.52. The summed E-state index contributed by atoms with van der Waals surface area (Å²) < 4.78 is 25.6. The first-order valence-corrected chi connectivity index (χ1v) is 10.2. The van der Waals surface area contributed by atoms with Gasteiger partial charge < -0.3 is 19.3 Å². The second kappa shape index (κ2) is 8.31. The summed E-state index contributed by atoms with van der Waals surface area (Å²) in [5.41, 5.74) is 1.26. The van der Waals surface area contributed by atoms with E-state index in [0.29, 0.717) is 29.9 Å². The maximum atomic E-state index is 14.9. The van der Waals surface area contributed by atoms with Crippen molar-refractivity contribution >= 4 is 23.4 Å². The Kier molecular flexibility index (Phi) is 5.75. The van der Waals surface area contributed by atoms with Crippen molar-refractivity contribution in [1.29, 1.82) is 0 Å². The number of amides is 3. The highest BCUT2D eigenvalue weighted by atomic mass is 19.1. The minimum atomic E-state index is -0.749. The molecule has 0 saturated carbocycles. The first kappa shape index (κ1) is 20.7. The third kappa shape index (κ3) is 3.67. The molecule has 0 radical (unpaired) electrons. The van der Waals surface area contributed by atoms with Crippen molar-refractivity contribution in [2.75, 3.05) is 32.2 Å². The number of halogens is 1. The van der Waals surface area contributed by atoms with Gasteiger partial charge in [0, 0.05) is 56.5 Å². The quantitative estimate of drug-likeness (QED) is 0.574. The molecule has 1 aromatic carbocycles. The number of rotatable bonds is 5. The van der Waals surface area contributed by atoms with Gasteiger partial charge in [0.05, 0.1) is 6.54 Å². The lowest BCUT2D eigenvalue weighted by Crippen LogP contribution is -2.52. The average Bonchev–Trinajstić information content (AvgIpc) is 3.06. The van der Waals surface area contributed by atoms with E-state index in [9.17, 15) is 18.8 Å². The number of imide groups is 1. The van der Waals surface area contributed by atoms with Gasteiger partial charge in [-0.15, -0.1) is 0 Å². The van der Waals surface area contributed by atoms with Gasteiger partial charge >= 0.3 is 0 Å². The fourth-order valence-electron chi connectivity index (χ4n) is 4.70. The molecule has 0 aromatic heterocycles. The lowest BCUT2D eigenvalue weighted by Gasteiger charge is -2.36. The number of hydrogen-bond acceptors (Lipinski definition) is 6. The zero-order valence-electron chi connectivity index (χ0n) is 17.2. The molecule has 0 aliphatic carbocycles. The topological polar surface area (TPSA) is 88.2 Å². The number of nitrogens with one attached hydrogen (secondary N) is 1. The lowest BCUT2D eigenvalue weighted by molar-refractivity contribution is -0.141. The summed E-state index contributed by atoms with van der Waals surface area (Å²) >= 11 is 0. The van der Waals surface area contributed by atoms with Crippen LogP contribution in [0.1, 0.15) is 41.6 Å². The van der Waals surface area contributed by atoms with Crippen LogP contribution in [0.15, 0.2) is 12.1 Å². The monoisotopic (exact) mass is 419 g/mol. The number of carbonyl (C=O) groups is 3. The molecule has 1 aromatic rings. The molecule has 1 atom stereocenters. The molecule has 4 rings (SSSR count). The molecule has 2 fully saturated rings. The van der Waals surface area contributed by atoms with E-state index in [1.54, 1.807) is 20.3 Å². The van der Waals surface area contributed by atoms with Crippen molar-refractivity contribution in [3.63, 3.8) is 0 Å². The van der Waals surface area contributed by atoms with E-state index in [1.165, 1.54) is 11.0 Å². The first-order chi connectivity index (χ1) is 14.4. The van der Waals surface area contributed by atoms with Crippen LogP contribution in [0.2, 0.25) is 0 Å². The second-order valence-corrected chi connectivity index (χ2v) is 8.02. The predicted molar refractivity (Wildman–Crippen MR) is 105 cm³/mol. The molecule has 9 heteroatoms. The SMILES string of the molecule is COC(OC)C1CCN(c2cc(F)c3c(c2)C(=O)N(C2CCC(=O)NC2=O)C3)CC1. The highest BCUT2D eigenvalue weighted by Crippen LogP contribution is 2.34. The molecule has 3 heterocycles. The summed E-state index contributed by atoms with van der Waals surface area (Å²) in [5, 5.41) is 2.26. The van der Waals surface area contributed by atoms with Gasteiger partial charge in [0.25, 0.3) is 5.91 Å². The van der Waals surface area contributed by atoms with Crippen molar-refractivity contribution in [2.45, 2.75) is 44.6 Å². The third-order valence-electron chi connectivity index (χ3n) is 6.34. The number of carbonyl (C=O) groups excluding carboxylic acids is 3. The summed E-state index contributed by atoms with van der Waals surface area (Å²) in [7, 11) is 3.24. The van der Waals surface area contributed by atoms with Crippen LogP contribution in [0.5, 0.6) is 0 Å². The summed E-state index contributed by atoms with van der Waals surface area (Å²) in [6, 6.07) is 2.43. The standard InChI is InChI=1S/C21H26FN3O5/c1-29-21(30-2)12-5-7-24(8-6-12)13-9-14-15(16(22)10-13)11-25(20(14)28)17-3-4-18(26)23-19(17)27/h9-10,12,17,21H,3-8,11H2,1-2H3,(H,23,26,27). The molecule has 3 aliphatic heterocycles. The van der Waals surface area contributed by atoms with Crippen molar-refractivity contribution in [3.05, 3.63) is 29.1 Å². The molecule has 3 aliphatic rings. The maximum Gasteiger partial charge on any atom is 0.255 e. The second-order valence-electron chi connectivity index (χ2n) is 8.02. The fourth-order valence-corrected chi connectivity index (χ4v) is 4.70. The fraction of sp³-hybridized carbons (Fsp3) is 0.571. The van der Waals surface area contributed by atoms with E-state index < -0.39 is 17.8 Å². The molecule has 3 amide bonds. The maximum absolute atomic E-state index is 14.9. The van der Waals surface area contributed by atoms with Crippen LogP contribution in [0, 0.1) is 11.7 Å². The third-order valence-corrected chi connectivity index (χ3v) is 6.34. The van der Waals surface area contributed by atoms with Crippen LogP contribution in [0.4, 0.5) is 10.1 Å². The molecule has 1 unspecified atom stereocenters. The Labute approximate surface area is 174 Å². The van der Waals surface area contributed by atoms with E-state index in [1.807, 2.05) is 0 Å². The number of anilines is 1. The number of ether oxygens (including phenoxy) is 2. The van der Waals surface area contributed by atoms with Crippen LogP contribution in [0.3, 0.4) is 0 Å². The van der Waals surface area contributed by atoms with E-state index in [4.69, 9.17) is 9.47 Å². The summed E-state index contributed by atoms with van der Waals surface area (Å²) in [5.74, 6) is -1.39. The highest BCUT2D eigenvalue weighted by Gasteiger charge is 2.40. The van der Waals surface area contributed by atoms with Gasteiger partial charge in [-0.2, -0.15) is 0 Å². The van der Waals surface area contributed by atoms with E-state index in [-0.39, 0.29) is 43.4 Å². The number of benzene rings is 1. The van der Waals surface area contributed by atoms with E-state index in [0.717, 1.165) is 12.8 Å². The van der Waals surface area contributed by atoms with Gasteiger partial charge in [-0.25, -0.2) is 4.39 Å². The zero-order chi connectivity index (χ0) is 21.4. The van der Waals surface area contributed by atoms with Crippen molar-refractivity contribution < 1.29 is 28.2 Å². The molecule has 0 bridgehead atoms.